The minimum atomic E-state index is -0.772. The van der Waals surface area contributed by atoms with Gasteiger partial charge in [-0.2, -0.15) is 0 Å². The summed E-state index contributed by atoms with van der Waals surface area (Å²) >= 11 is 0. The molecule has 1 aliphatic heterocycles. The van der Waals surface area contributed by atoms with Crippen LogP contribution in [-0.2, 0) is 14.3 Å². The summed E-state index contributed by atoms with van der Waals surface area (Å²) in [5, 5.41) is 2.68. The molecule has 1 atom stereocenters. The number of rotatable bonds is 4. The fourth-order valence-electron chi connectivity index (χ4n) is 2.89. The third-order valence-electron chi connectivity index (χ3n) is 4.18. The summed E-state index contributed by atoms with van der Waals surface area (Å²) in [5.41, 5.74) is 1.37. The number of methoxy groups -OCH3 is 1. The molecule has 3 rings (SSSR count). The highest BCUT2D eigenvalue weighted by Gasteiger charge is 2.37. The van der Waals surface area contributed by atoms with Crippen molar-refractivity contribution in [2.45, 2.75) is 6.42 Å². The smallest absolute Gasteiger partial charge is 0.339 e. The van der Waals surface area contributed by atoms with Crippen molar-refractivity contribution in [2.24, 2.45) is 5.92 Å². The van der Waals surface area contributed by atoms with Gasteiger partial charge in [-0.25, -0.2) is 4.79 Å². The van der Waals surface area contributed by atoms with Crippen LogP contribution in [0.25, 0.3) is 0 Å². The first-order chi connectivity index (χ1) is 12.1. The van der Waals surface area contributed by atoms with Crippen LogP contribution in [0.5, 0.6) is 0 Å². The number of nitrogens with zero attached hydrogens (tertiary/aromatic N) is 1. The molecule has 25 heavy (non-hydrogen) atoms. The quantitative estimate of drug-likeness (QED) is 0.686. The maximum Gasteiger partial charge on any atom is 0.339 e. The van der Waals surface area contributed by atoms with Crippen LogP contribution in [0, 0.1) is 5.92 Å². The Labute approximate surface area is 145 Å². The summed E-state index contributed by atoms with van der Waals surface area (Å²) in [7, 11) is 1.28. The summed E-state index contributed by atoms with van der Waals surface area (Å²) < 4.78 is 4.71. The maximum absolute atomic E-state index is 12.6. The number of amides is 2. The molecule has 128 valence electrons. The molecule has 1 heterocycles. The van der Waals surface area contributed by atoms with Gasteiger partial charge in [0.1, 0.15) is 5.92 Å². The van der Waals surface area contributed by atoms with E-state index in [-0.39, 0.29) is 11.5 Å². The number of carbonyl (C=O) groups is 3. The highest BCUT2D eigenvalue weighted by Crippen LogP contribution is 2.26. The maximum atomic E-state index is 12.6. The largest absolute Gasteiger partial charge is 0.465 e. The molecule has 2 aromatic carbocycles. The van der Waals surface area contributed by atoms with Crippen LogP contribution < -0.4 is 10.2 Å². The van der Waals surface area contributed by atoms with Crippen molar-refractivity contribution >= 4 is 29.2 Å². The number of nitrogens with one attached hydrogen (secondary N) is 1. The van der Waals surface area contributed by atoms with E-state index in [9.17, 15) is 14.4 Å². The van der Waals surface area contributed by atoms with E-state index in [4.69, 9.17) is 4.74 Å². The molecule has 0 spiro atoms. The van der Waals surface area contributed by atoms with Gasteiger partial charge in [-0.3, -0.25) is 9.59 Å². The van der Waals surface area contributed by atoms with Crippen LogP contribution in [0.15, 0.2) is 54.6 Å². The average molecular weight is 338 g/mol. The molecule has 1 N–H and O–H groups in total. The van der Waals surface area contributed by atoms with Crippen molar-refractivity contribution in [3.05, 3.63) is 60.2 Å². The Balaban J connectivity index is 1.75. The molecular formula is C19H18N2O4. The van der Waals surface area contributed by atoms with Crippen LogP contribution in [-0.4, -0.2) is 31.4 Å². The summed E-state index contributed by atoms with van der Waals surface area (Å²) in [5.74, 6) is -1.97. The van der Waals surface area contributed by atoms with Gasteiger partial charge >= 0.3 is 5.97 Å². The number of benzene rings is 2. The van der Waals surface area contributed by atoms with Crippen LogP contribution in [0.4, 0.5) is 11.4 Å². The minimum Gasteiger partial charge on any atom is -0.465 e. The van der Waals surface area contributed by atoms with E-state index in [0.717, 1.165) is 5.69 Å². The first-order valence-electron chi connectivity index (χ1n) is 7.96. The lowest BCUT2D eigenvalue weighted by Gasteiger charge is -2.17. The molecule has 2 aromatic rings. The first-order valence-corrected chi connectivity index (χ1v) is 7.96. The Hall–Kier alpha value is -3.15. The number of ether oxygens (including phenoxy) is 1. The second-order valence-electron chi connectivity index (χ2n) is 5.69. The first kappa shape index (κ1) is 16.7. The molecule has 2 amide bonds. The predicted octanol–water partition coefficient (Wildman–Crippen LogP) is 2.46. The number of hydrogen-bond donors (Lipinski definition) is 1. The summed E-state index contributed by atoms with van der Waals surface area (Å²) in [6.07, 6.45) is 0.431. The topological polar surface area (TPSA) is 75.7 Å². The van der Waals surface area contributed by atoms with Gasteiger partial charge in [-0.05, 0) is 30.7 Å². The van der Waals surface area contributed by atoms with E-state index < -0.39 is 17.8 Å². The van der Waals surface area contributed by atoms with E-state index in [1.54, 1.807) is 29.2 Å². The minimum absolute atomic E-state index is 0.237. The Morgan fingerprint density at radius 3 is 2.48 bits per heavy atom. The van der Waals surface area contributed by atoms with Gasteiger partial charge in [0.15, 0.2) is 0 Å². The van der Waals surface area contributed by atoms with Crippen molar-refractivity contribution < 1.29 is 19.1 Å². The lowest BCUT2D eigenvalue weighted by molar-refractivity contribution is -0.129. The number of anilines is 2. The van der Waals surface area contributed by atoms with E-state index >= 15 is 0 Å². The Kier molecular flexibility index (Phi) is 4.79. The zero-order valence-corrected chi connectivity index (χ0v) is 13.8. The second-order valence-corrected chi connectivity index (χ2v) is 5.69. The molecule has 0 aliphatic carbocycles. The fourth-order valence-corrected chi connectivity index (χ4v) is 2.89. The molecule has 0 aromatic heterocycles. The highest BCUT2D eigenvalue weighted by atomic mass is 16.5. The SMILES string of the molecule is COC(=O)c1ccccc1NC(=O)[C@@H]1CCN(c2ccccc2)C1=O. The molecule has 0 radical (unpaired) electrons. The van der Waals surface area contributed by atoms with Gasteiger partial charge in [-0.15, -0.1) is 0 Å². The molecule has 6 nitrogen and oxygen atoms in total. The monoisotopic (exact) mass is 338 g/mol. The zero-order valence-electron chi connectivity index (χ0n) is 13.8. The van der Waals surface area contributed by atoms with E-state index in [1.165, 1.54) is 7.11 Å². The molecule has 1 aliphatic rings. The van der Waals surface area contributed by atoms with Crippen molar-refractivity contribution in [3.63, 3.8) is 0 Å². The predicted molar refractivity (Wildman–Crippen MR) is 93.3 cm³/mol. The number of hydrogen-bond acceptors (Lipinski definition) is 4. The van der Waals surface area contributed by atoms with Crippen LogP contribution in [0.1, 0.15) is 16.8 Å². The zero-order chi connectivity index (χ0) is 17.8. The van der Waals surface area contributed by atoms with E-state index in [1.807, 2.05) is 30.3 Å². The van der Waals surface area contributed by atoms with Crippen LogP contribution >= 0.6 is 0 Å². The standard InChI is InChI=1S/C19H18N2O4/c1-25-19(24)14-9-5-6-10-16(14)20-17(22)15-11-12-21(18(15)23)13-7-3-2-4-8-13/h2-10,15H,11-12H2,1H3,(H,20,22)/t15-/m0/s1. The number of para-hydroxylation sites is 2. The van der Waals surface area contributed by atoms with Gasteiger partial charge in [0.2, 0.25) is 11.8 Å². The third-order valence-corrected chi connectivity index (χ3v) is 4.18. The van der Waals surface area contributed by atoms with Crippen molar-refractivity contribution in [1.29, 1.82) is 0 Å². The van der Waals surface area contributed by atoms with Gasteiger partial charge in [0, 0.05) is 12.2 Å². The van der Waals surface area contributed by atoms with Crippen molar-refractivity contribution in [2.75, 3.05) is 23.9 Å². The normalized spacial score (nSPS) is 16.6. The Bertz CT molecular complexity index is 804. The van der Waals surface area contributed by atoms with Crippen LogP contribution in [0.3, 0.4) is 0 Å². The summed E-state index contributed by atoms with van der Waals surface area (Å²) in [6.45, 7) is 0.486. The molecular weight excluding hydrogens is 320 g/mol. The lowest BCUT2D eigenvalue weighted by atomic mass is 10.1. The fraction of sp³-hybridized carbons (Fsp3) is 0.211. The molecule has 0 bridgehead atoms. The number of carbonyl (C=O) groups excluding carboxylic acids is 3. The Morgan fingerprint density at radius 2 is 1.76 bits per heavy atom. The van der Waals surface area contributed by atoms with Gasteiger partial charge < -0.3 is 15.0 Å². The Morgan fingerprint density at radius 1 is 1.08 bits per heavy atom. The highest BCUT2D eigenvalue weighted by molar-refractivity contribution is 6.14. The van der Waals surface area contributed by atoms with E-state index in [2.05, 4.69) is 5.32 Å². The average Bonchev–Trinajstić information content (AvgIpc) is 3.04. The molecule has 1 fully saturated rings. The summed E-state index contributed by atoms with van der Waals surface area (Å²) in [6, 6.07) is 15.8. The molecule has 0 unspecified atom stereocenters. The summed E-state index contributed by atoms with van der Waals surface area (Å²) in [4.78, 5) is 38.5. The van der Waals surface area contributed by atoms with Crippen LogP contribution in [0.2, 0.25) is 0 Å². The van der Waals surface area contributed by atoms with Crippen molar-refractivity contribution in [3.8, 4) is 0 Å². The lowest BCUT2D eigenvalue weighted by Crippen LogP contribution is -2.33. The second kappa shape index (κ2) is 7.17. The molecule has 0 saturated carbocycles. The van der Waals surface area contributed by atoms with Gasteiger partial charge in [0.25, 0.3) is 0 Å². The van der Waals surface area contributed by atoms with E-state index in [0.29, 0.717) is 18.7 Å². The van der Waals surface area contributed by atoms with Crippen molar-refractivity contribution in [1.82, 2.24) is 0 Å². The number of esters is 1. The molecule has 1 saturated heterocycles. The molecule has 6 heteroatoms. The van der Waals surface area contributed by atoms with Gasteiger partial charge in [0.05, 0.1) is 18.4 Å². The van der Waals surface area contributed by atoms with Gasteiger partial charge in [-0.1, -0.05) is 30.3 Å². The third kappa shape index (κ3) is 3.38.